The van der Waals surface area contributed by atoms with E-state index in [9.17, 15) is 9.59 Å². The summed E-state index contributed by atoms with van der Waals surface area (Å²) in [5, 5.41) is 2.79. The van der Waals surface area contributed by atoms with Crippen LogP contribution in [0.4, 0.5) is 5.69 Å². The van der Waals surface area contributed by atoms with Crippen LogP contribution in [0, 0.1) is 0 Å². The lowest BCUT2D eigenvalue weighted by atomic mass is 10.1. The van der Waals surface area contributed by atoms with E-state index in [1.165, 1.54) is 6.92 Å². The number of ether oxygens (including phenoxy) is 2. The maximum absolute atomic E-state index is 11.9. The molecule has 138 valence electrons. The Hall–Kier alpha value is -2.82. The van der Waals surface area contributed by atoms with Crippen molar-refractivity contribution in [3.63, 3.8) is 0 Å². The molecule has 2 aromatic carbocycles. The summed E-state index contributed by atoms with van der Waals surface area (Å²) in [6.07, 6.45) is 1.92. The second kappa shape index (κ2) is 10.2. The van der Waals surface area contributed by atoms with Gasteiger partial charge in [0.1, 0.15) is 11.5 Å². The fraction of sp³-hybridized carbons (Fsp3) is 0.333. The maximum atomic E-state index is 11.9. The quantitative estimate of drug-likeness (QED) is 0.504. The minimum absolute atomic E-state index is 0.0614. The molecule has 1 amide bonds. The van der Waals surface area contributed by atoms with E-state index < -0.39 is 0 Å². The van der Waals surface area contributed by atoms with Crippen LogP contribution < -0.4 is 14.8 Å². The molecular weight excluding hydrogens is 330 g/mol. The highest BCUT2D eigenvalue weighted by atomic mass is 16.5. The smallest absolute Gasteiger partial charge is 0.224 e. The van der Waals surface area contributed by atoms with Gasteiger partial charge in [-0.15, -0.1) is 0 Å². The van der Waals surface area contributed by atoms with E-state index in [0.717, 1.165) is 12.2 Å². The third kappa shape index (κ3) is 6.24. The van der Waals surface area contributed by atoms with Gasteiger partial charge in [-0.25, -0.2) is 0 Å². The Labute approximate surface area is 154 Å². The Morgan fingerprint density at radius 2 is 1.73 bits per heavy atom. The number of amides is 1. The number of hydrogen-bond acceptors (Lipinski definition) is 4. The third-order valence-electron chi connectivity index (χ3n) is 3.68. The number of hydrogen-bond donors (Lipinski definition) is 1. The number of rotatable bonds is 10. The summed E-state index contributed by atoms with van der Waals surface area (Å²) >= 11 is 0. The average molecular weight is 355 g/mol. The molecule has 0 saturated heterocycles. The summed E-state index contributed by atoms with van der Waals surface area (Å²) in [5.41, 5.74) is 1.07. The zero-order valence-corrected chi connectivity index (χ0v) is 15.3. The van der Waals surface area contributed by atoms with E-state index in [0.29, 0.717) is 43.1 Å². The first kappa shape index (κ1) is 19.5. The molecule has 0 aliphatic rings. The van der Waals surface area contributed by atoms with Gasteiger partial charge in [-0.2, -0.15) is 0 Å². The average Bonchev–Trinajstić information content (AvgIpc) is 2.63. The molecule has 0 radical (unpaired) electrons. The first-order valence-corrected chi connectivity index (χ1v) is 8.85. The summed E-state index contributed by atoms with van der Waals surface area (Å²) in [6, 6.07) is 14.7. The monoisotopic (exact) mass is 355 g/mol. The molecule has 0 aliphatic carbocycles. The first-order chi connectivity index (χ1) is 12.6. The van der Waals surface area contributed by atoms with Crippen LogP contribution >= 0.6 is 0 Å². The molecular formula is C21H25NO4. The number of carbonyl (C=O) groups is 2. The minimum Gasteiger partial charge on any atom is -0.493 e. The van der Waals surface area contributed by atoms with E-state index in [1.54, 1.807) is 18.2 Å². The van der Waals surface area contributed by atoms with Crippen molar-refractivity contribution in [2.75, 3.05) is 18.5 Å². The molecule has 5 nitrogen and oxygen atoms in total. The van der Waals surface area contributed by atoms with Gasteiger partial charge in [0, 0.05) is 18.5 Å². The van der Waals surface area contributed by atoms with Crippen molar-refractivity contribution in [3.8, 4) is 11.5 Å². The molecule has 0 aromatic heterocycles. The van der Waals surface area contributed by atoms with Crippen LogP contribution in [-0.2, 0) is 4.79 Å². The number of carbonyl (C=O) groups excluding carboxylic acids is 2. The molecule has 0 saturated carbocycles. The molecule has 0 fully saturated rings. The Morgan fingerprint density at radius 1 is 1.00 bits per heavy atom. The van der Waals surface area contributed by atoms with Gasteiger partial charge in [0.25, 0.3) is 0 Å². The largest absolute Gasteiger partial charge is 0.493 e. The molecule has 0 spiro atoms. The number of ketones is 1. The Bertz CT molecular complexity index is 728. The summed E-state index contributed by atoms with van der Waals surface area (Å²) in [7, 11) is 0. The van der Waals surface area contributed by atoms with E-state index >= 15 is 0 Å². The number of benzene rings is 2. The van der Waals surface area contributed by atoms with Gasteiger partial charge < -0.3 is 14.8 Å². The SMILES string of the molecule is CCCC(=O)Nc1ccc(OCCCOc2ccccc2)c(C(C)=O)c1. The van der Waals surface area contributed by atoms with Crippen molar-refractivity contribution in [1.82, 2.24) is 0 Å². The number of nitrogens with one attached hydrogen (secondary N) is 1. The molecule has 0 heterocycles. The molecule has 0 bridgehead atoms. The molecule has 1 N–H and O–H groups in total. The molecule has 0 atom stereocenters. The van der Waals surface area contributed by atoms with Crippen LogP contribution in [0.1, 0.15) is 43.5 Å². The standard InChI is InChI=1S/C21H25NO4/c1-3-8-21(24)22-17-11-12-20(19(15-17)16(2)23)26-14-7-13-25-18-9-5-4-6-10-18/h4-6,9-12,15H,3,7-8,13-14H2,1-2H3,(H,22,24). The third-order valence-corrected chi connectivity index (χ3v) is 3.68. The van der Waals surface area contributed by atoms with E-state index in [1.807, 2.05) is 37.3 Å². The summed E-state index contributed by atoms with van der Waals surface area (Å²) in [4.78, 5) is 23.6. The number of anilines is 1. The molecule has 0 aliphatic heterocycles. The fourth-order valence-corrected chi connectivity index (χ4v) is 2.41. The maximum Gasteiger partial charge on any atom is 0.224 e. The van der Waals surface area contributed by atoms with Crippen LogP contribution in [0.2, 0.25) is 0 Å². The van der Waals surface area contributed by atoms with E-state index in [4.69, 9.17) is 9.47 Å². The van der Waals surface area contributed by atoms with Gasteiger partial charge in [-0.3, -0.25) is 9.59 Å². The van der Waals surface area contributed by atoms with Crippen LogP contribution in [0.25, 0.3) is 0 Å². The molecule has 2 rings (SSSR count). The zero-order valence-electron chi connectivity index (χ0n) is 15.3. The van der Waals surface area contributed by atoms with Gasteiger partial charge >= 0.3 is 0 Å². The summed E-state index contributed by atoms with van der Waals surface area (Å²) in [6.45, 7) is 4.40. The first-order valence-electron chi connectivity index (χ1n) is 8.85. The van der Waals surface area contributed by atoms with Gasteiger partial charge in [0.05, 0.1) is 18.8 Å². The topological polar surface area (TPSA) is 64.6 Å². The number of Topliss-reactive ketones (excluding diaryl/α,β-unsaturated/α-hetero) is 1. The van der Waals surface area contributed by atoms with Crippen molar-refractivity contribution in [2.45, 2.75) is 33.1 Å². The van der Waals surface area contributed by atoms with E-state index in [-0.39, 0.29) is 11.7 Å². The fourth-order valence-electron chi connectivity index (χ4n) is 2.41. The lowest BCUT2D eigenvalue weighted by Crippen LogP contribution is -2.12. The van der Waals surface area contributed by atoms with Crippen molar-refractivity contribution in [3.05, 3.63) is 54.1 Å². The van der Waals surface area contributed by atoms with Crippen molar-refractivity contribution in [2.24, 2.45) is 0 Å². The highest BCUT2D eigenvalue weighted by Gasteiger charge is 2.11. The van der Waals surface area contributed by atoms with E-state index in [2.05, 4.69) is 5.32 Å². The summed E-state index contributed by atoms with van der Waals surface area (Å²) in [5.74, 6) is 1.18. The predicted molar refractivity (Wildman–Crippen MR) is 102 cm³/mol. The zero-order chi connectivity index (χ0) is 18.8. The van der Waals surface area contributed by atoms with Gasteiger partial charge in [0.2, 0.25) is 5.91 Å². The Morgan fingerprint density at radius 3 is 2.42 bits per heavy atom. The summed E-state index contributed by atoms with van der Waals surface area (Å²) < 4.78 is 11.3. The van der Waals surface area contributed by atoms with Crippen molar-refractivity contribution >= 4 is 17.4 Å². The van der Waals surface area contributed by atoms with Crippen LogP contribution in [0.3, 0.4) is 0 Å². The minimum atomic E-state index is -0.105. The number of para-hydroxylation sites is 1. The molecule has 26 heavy (non-hydrogen) atoms. The van der Waals surface area contributed by atoms with Gasteiger partial charge in [0.15, 0.2) is 5.78 Å². The second-order valence-corrected chi connectivity index (χ2v) is 5.93. The van der Waals surface area contributed by atoms with Gasteiger partial charge in [-0.1, -0.05) is 25.1 Å². The van der Waals surface area contributed by atoms with Crippen molar-refractivity contribution in [1.29, 1.82) is 0 Å². The highest BCUT2D eigenvalue weighted by molar-refractivity contribution is 5.99. The molecule has 5 heteroatoms. The Kier molecular flexibility index (Phi) is 7.68. The van der Waals surface area contributed by atoms with Crippen LogP contribution in [0.5, 0.6) is 11.5 Å². The lowest BCUT2D eigenvalue weighted by Gasteiger charge is -2.12. The van der Waals surface area contributed by atoms with Crippen LogP contribution in [-0.4, -0.2) is 24.9 Å². The van der Waals surface area contributed by atoms with Crippen LogP contribution in [0.15, 0.2) is 48.5 Å². The second-order valence-electron chi connectivity index (χ2n) is 5.93. The highest BCUT2D eigenvalue weighted by Crippen LogP contribution is 2.24. The Balaban J connectivity index is 1.87. The molecule has 0 unspecified atom stereocenters. The molecule has 2 aromatic rings. The normalized spacial score (nSPS) is 10.2. The van der Waals surface area contributed by atoms with Crippen molar-refractivity contribution < 1.29 is 19.1 Å². The predicted octanol–water partition coefficient (Wildman–Crippen LogP) is 4.48. The van der Waals surface area contributed by atoms with Gasteiger partial charge in [-0.05, 0) is 43.7 Å². The lowest BCUT2D eigenvalue weighted by molar-refractivity contribution is -0.116.